The minimum atomic E-state index is -0.486. The number of benzene rings is 1. The lowest BCUT2D eigenvalue weighted by atomic mass is 10.1. The average molecular weight is 297 g/mol. The second-order valence-corrected chi connectivity index (χ2v) is 5.23. The van der Waals surface area contributed by atoms with Crippen LogP contribution < -0.4 is 10.6 Å². The first kappa shape index (κ1) is 16.3. The number of rotatable bonds is 7. The number of carbonyl (C=O) groups excluding carboxylic acids is 1. The van der Waals surface area contributed by atoms with Crippen LogP contribution in [0.15, 0.2) is 18.2 Å². The van der Waals surface area contributed by atoms with Crippen LogP contribution in [0.4, 0.5) is 11.4 Å². The molecule has 0 saturated heterocycles. The zero-order chi connectivity index (χ0) is 15.1. The molecule has 0 fully saturated rings. The number of nitro benzene ring substituents is 1. The van der Waals surface area contributed by atoms with E-state index < -0.39 is 4.92 Å². The lowest BCUT2D eigenvalue weighted by Gasteiger charge is -2.15. The molecule has 20 heavy (non-hydrogen) atoms. The van der Waals surface area contributed by atoms with Crippen molar-refractivity contribution in [3.05, 3.63) is 33.9 Å². The molecule has 0 aliphatic rings. The molecule has 0 bridgehead atoms. The normalized spacial score (nSPS) is 11.8. The molecule has 1 aromatic rings. The lowest BCUT2D eigenvalue weighted by Crippen LogP contribution is -2.34. The van der Waals surface area contributed by atoms with E-state index in [4.69, 9.17) is 0 Å². The molecular weight excluding hydrogens is 278 g/mol. The van der Waals surface area contributed by atoms with E-state index in [0.29, 0.717) is 12.1 Å². The molecule has 0 aliphatic heterocycles. The minimum Gasteiger partial charge on any atom is -0.379 e. The van der Waals surface area contributed by atoms with Gasteiger partial charge in [-0.3, -0.25) is 14.9 Å². The molecule has 1 atom stereocenters. The third-order valence-corrected chi connectivity index (χ3v) is 3.46. The maximum atomic E-state index is 12.2. The van der Waals surface area contributed by atoms with E-state index >= 15 is 0 Å². The molecule has 1 rings (SSSR count). The first-order chi connectivity index (χ1) is 9.51. The summed E-state index contributed by atoms with van der Waals surface area (Å²) in [6.07, 6.45) is 1.96. The Morgan fingerprint density at radius 1 is 1.50 bits per heavy atom. The van der Waals surface area contributed by atoms with Crippen molar-refractivity contribution in [1.82, 2.24) is 5.32 Å². The van der Waals surface area contributed by atoms with Gasteiger partial charge in [-0.1, -0.05) is 6.07 Å². The van der Waals surface area contributed by atoms with Gasteiger partial charge in [0.25, 0.3) is 11.6 Å². The van der Waals surface area contributed by atoms with Crippen molar-refractivity contribution in [3.63, 3.8) is 0 Å². The molecule has 6 nitrogen and oxygen atoms in total. The van der Waals surface area contributed by atoms with Crippen molar-refractivity contribution in [3.8, 4) is 0 Å². The van der Waals surface area contributed by atoms with Crippen LogP contribution in [-0.2, 0) is 0 Å². The van der Waals surface area contributed by atoms with Crippen LogP contribution in [0.25, 0.3) is 0 Å². The molecule has 0 saturated carbocycles. The Hall–Kier alpha value is -1.76. The van der Waals surface area contributed by atoms with E-state index in [2.05, 4.69) is 10.6 Å². The maximum Gasteiger partial charge on any atom is 0.293 e. The van der Waals surface area contributed by atoms with Crippen LogP contribution in [0, 0.1) is 10.1 Å². The summed E-state index contributed by atoms with van der Waals surface area (Å²) in [7, 11) is 0. The summed E-state index contributed by atoms with van der Waals surface area (Å²) >= 11 is 1.63. The SMILES string of the molecule is CCNc1c(C(=O)NC(C)CSC)cccc1[N+](=O)[O-]. The Morgan fingerprint density at radius 3 is 2.75 bits per heavy atom. The zero-order valence-electron chi connectivity index (χ0n) is 11.8. The Labute approximate surface area is 122 Å². The second-order valence-electron chi connectivity index (χ2n) is 4.32. The first-order valence-corrected chi connectivity index (χ1v) is 7.71. The van der Waals surface area contributed by atoms with Gasteiger partial charge in [0.2, 0.25) is 0 Å². The smallest absolute Gasteiger partial charge is 0.293 e. The minimum absolute atomic E-state index is 0.00578. The van der Waals surface area contributed by atoms with Gasteiger partial charge < -0.3 is 10.6 Å². The Balaban J connectivity index is 3.07. The molecule has 1 aromatic carbocycles. The predicted octanol–water partition coefficient (Wildman–Crippen LogP) is 2.51. The number of nitrogens with zero attached hydrogens (tertiary/aromatic N) is 1. The molecule has 0 aliphatic carbocycles. The van der Waals surface area contributed by atoms with E-state index in [-0.39, 0.29) is 23.3 Å². The molecule has 0 aromatic heterocycles. The number of thioether (sulfide) groups is 1. The van der Waals surface area contributed by atoms with Crippen molar-refractivity contribution in [1.29, 1.82) is 0 Å². The van der Waals surface area contributed by atoms with Gasteiger partial charge in [-0.15, -0.1) is 0 Å². The highest BCUT2D eigenvalue weighted by Crippen LogP contribution is 2.28. The van der Waals surface area contributed by atoms with Crippen molar-refractivity contribution in [2.45, 2.75) is 19.9 Å². The average Bonchev–Trinajstić information content (AvgIpc) is 2.39. The summed E-state index contributed by atoms with van der Waals surface area (Å²) in [6.45, 7) is 4.24. The van der Waals surface area contributed by atoms with E-state index in [0.717, 1.165) is 5.75 Å². The first-order valence-electron chi connectivity index (χ1n) is 6.32. The summed E-state index contributed by atoms with van der Waals surface area (Å²) in [5.74, 6) is 0.489. The van der Waals surface area contributed by atoms with E-state index in [9.17, 15) is 14.9 Å². The molecule has 1 unspecified atom stereocenters. The molecule has 0 heterocycles. The topological polar surface area (TPSA) is 84.3 Å². The summed E-state index contributed by atoms with van der Waals surface area (Å²) in [6, 6.07) is 4.51. The molecular formula is C13H19N3O3S. The molecule has 110 valence electrons. The monoisotopic (exact) mass is 297 g/mol. The van der Waals surface area contributed by atoms with Gasteiger partial charge in [0.15, 0.2) is 0 Å². The number of amides is 1. The number of hydrogen-bond acceptors (Lipinski definition) is 5. The van der Waals surface area contributed by atoms with Crippen LogP contribution >= 0.6 is 11.8 Å². The third kappa shape index (κ3) is 4.12. The maximum absolute atomic E-state index is 12.2. The summed E-state index contributed by atoms with van der Waals surface area (Å²) in [5.41, 5.74) is 0.486. The van der Waals surface area contributed by atoms with Crippen LogP contribution in [0.3, 0.4) is 0 Å². The number of hydrogen-bond donors (Lipinski definition) is 2. The quantitative estimate of drug-likeness (QED) is 0.596. The summed E-state index contributed by atoms with van der Waals surface area (Å²) < 4.78 is 0. The van der Waals surface area contributed by atoms with Gasteiger partial charge in [0.1, 0.15) is 5.69 Å². The Morgan fingerprint density at radius 2 is 2.20 bits per heavy atom. The molecule has 7 heteroatoms. The van der Waals surface area contributed by atoms with Gasteiger partial charge in [0.05, 0.1) is 10.5 Å². The standard InChI is InChI=1S/C13H19N3O3S/c1-4-14-12-10(6-5-7-11(12)16(18)19)13(17)15-9(2)8-20-3/h5-7,9,14H,4,8H2,1-3H3,(H,15,17). The van der Waals surface area contributed by atoms with Crippen LogP contribution in [0.1, 0.15) is 24.2 Å². The predicted molar refractivity (Wildman–Crippen MR) is 82.6 cm³/mol. The highest BCUT2D eigenvalue weighted by molar-refractivity contribution is 7.98. The largest absolute Gasteiger partial charge is 0.379 e. The van der Waals surface area contributed by atoms with Gasteiger partial charge in [-0.2, -0.15) is 11.8 Å². The van der Waals surface area contributed by atoms with Crippen molar-refractivity contribution >= 4 is 29.0 Å². The summed E-state index contributed by atoms with van der Waals surface area (Å²) in [5, 5.41) is 16.8. The molecule has 0 radical (unpaired) electrons. The van der Waals surface area contributed by atoms with Crippen molar-refractivity contribution in [2.75, 3.05) is 23.9 Å². The van der Waals surface area contributed by atoms with E-state index in [1.165, 1.54) is 12.1 Å². The molecule has 2 N–H and O–H groups in total. The fraction of sp³-hybridized carbons (Fsp3) is 0.462. The number of carbonyl (C=O) groups is 1. The molecule has 0 spiro atoms. The van der Waals surface area contributed by atoms with Crippen LogP contribution in [0.5, 0.6) is 0 Å². The van der Waals surface area contributed by atoms with Gasteiger partial charge in [-0.05, 0) is 26.2 Å². The van der Waals surface area contributed by atoms with E-state index in [1.807, 2.05) is 20.1 Å². The fourth-order valence-electron chi connectivity index (χ4n) is 1.84. The van der Waals surface area contributed by atoms with Crippen molar-refractivity contribution in [2.24, 2.45) is 0 Å². The van der Waals surface area contributed by atoms with E-state index in [1.54, 1.807) is 17.8 Å². The number of para-hydroxylation sites is 1. The van der Waals surface area contributed by atoms with Gasteiger partial charge in [0, 0.05) is 24.4 Å². The van der Waals surface area contributed by atoms with Crippen LogP contribution in [0.2, 0.25) is 0 Å². The van der Waals surface area contributed by atoms with Crippen molar-refractivity contribution < 1.29 is 9.72 Å². The van der Waals surface area contributed by atoms with Gasteiger partial charge in [-0.25, -0.2) is 0 Å². The Kier molecular flexibility index (Phi) is 6.30. The van der Waals surface area contributed by atoms with Gasteiger partial charge >= 0.3 is 0 Å². The lowest BCUT2D eigenvalue weighted by molar-refractivity contribution is -0.384. The summed E-state index contributed by atoms with van der Waals surface area (Å²) in [4.78, 5) is 22.8. The highest BCUT2D eigenvalue weighted by Gasteiger charge is 2.21. The number of nitrogens with one attached hydrogen (secondary N) is 2. The second kappa shape index (κ2) is 7.74. The zero-order valence-corrected chi connectivity index (χ0v) is 12.6. The number of anilines is 1. The Bertz CT molecular complexity index is 494. The fourth-order valence-corrected chi connectivity index (χ4v) is 2.42. The third-order valence-electron chi connectivity index (χ3n) is 2.63. The molecule has 1 amide bonds. The highest BCUT2D eigenvalue weighted by atomic mass is 32.2. The number of nitro groups is 1. The van der Waals surface area contributed by atoms with Crippen LogP contribution in [-0.4, -0.2) is 35.4 Å².